The van der Waals surface area contributed by atoms with Crippen LogP contribution in [0.1, 0.15) is 17.8 Å². The monoisotopic (exact) mass is 297 g/mol. The molecule has 0 saturated heterocycles. The Morgan fingerprint density at radius 3 is 2.94 bits per heavy atom. The second-order valence-corrected chi connectivity index (χ2v) is 5.36. The molecule has 16 heavy (non-hydrogen) atoms. The standard InChI is InChI=1S/C11H12BrN3S/c1-8(11-13-4-5-16-11)6-14-10-3-2-9(12)7-15-10/h2-5,7-8H,6H2,1H3,(H,14,15). The number of aromatic nitrogens is 2. The smallest absolute Gasteiger partial charge is 0.125 e. The highest BCUT2D eigenvalue weighted by Gasteiger charge is 2.07. The van der Waals surface area contributed by atoms with Gasteiger partial charge in [-0.25, -0.2) is 9.97 Å². The van der Waals surface area contributed by atoms with Gasteiger partial charge in [0, 0.05) is 34.7 Å². The Morgan fingerprint density at radius 2 is 2.31 bits per heavy atom. The maximum absolute atomic E-state index is 4.29. The van der Waals surface area contributed by atoms with E-state index in [0.717, 1.165) is 21.8 Å². The van der Waals surface area contributed by atoms with Crippen LogP contribution in [0, 0.1) is 0 Å². The molecule has 1 unspecified atom stereocenters. The van der Waals surface area contributed by atoms with Crippen molar-refractivity contribution in [3.05, 3.63) is 39.4 Å². The maximum atomic E-state index is 4.29. The molecular weight excluding hydrogens is 286 g/mol. The van der Waals surface area contributed by atoms with Crippen LogP contribution in [0.4, 0.5) is 5.82 Å². The number of rotatable bonds is 4. The van der Waals surface area contributed by atoms with Gasteiger partial charge in [0.25, 0.3) is 0 Å². The first kappa shape index (κ1) is 11.5. The first-order chi connectivity index (χ1) is 7.75. The SMILES string of the molecule is CC(CNc1ccc(Br)cn1)c1nccs1. The zero-order valence-electron chi connectivity index (χ0n) is 8.85. The van der Waals surface area contributed by atoms with Crippen molar-refractivity contribution in [2.45, 2.75) is 12.8 Å². The predicted octanol–water partition coefficient (Wildman–Crippen LogP) is 3.52. The minimum absolute atomic E-state index is 0.408. The molecular formula is C11H12BrN3S. The Hall–Kier alpha value is -0.940. The summed E-state index contributed by atoms with van der Waals surface area (Å²) in [5.74, 6) is 1.30. The number of thiazole rings is 1. The lowest BCUT2D eigenvalue weighted by molar-refractivity contribution is 0.792. The van der Waals surface area contributed by atoms with E-state index in [-0.39, 0.29) is 0 Å². The average molecular weight is 298 g/mol. The lowest BCUT2D eigenvalue weighted by Crippen LogP contribution is -2.10. The largest absolute Gasteiger partial charge is 0.369 e. The zero-order valence-corrected chi connectivity index (χ0v) is 11.3. The fourth-order valence-electron chi connectivity index (χ4n) is 1.30. The van der Waals surface area contributed by atoms with Crippen LogP contribution in [0.2, 0.25) is 0 Å². The highest BCUT2D eigenvalue weighted by molar-refractivity contribution is 9.10. The summed E-state index contributed by atoms with van der Waals surface area (Å²) in [7, 11) is 0. The number of pyridine rings is 1. The number of hydrogen-bond acceptors (Lipinski definition) is 4. The van der Waals surface area contributed by atoms with Crippen LogP contribution in [0.5, 0.6) is 0 Å². The Bertz CT molecular complexity index is 427. The Kier molecular flexibility index (Phi) is 3.90. The van der Waals surface area contributed by atoms with Gasteiger partial charge in [-0.1, -0.05) is 6.92 Å². The van der Waals surface area contributed by atoms with Gasteiger partial charge in [0.2, 0.25) is 0 Å². The summed E-state index contributed by atoms with van der Waals surface area (Å²) in [6.45, 7) is 3.01. The topological polar surface area (TPSA) is 37.8 Å². The molecule has 0 aliphatic carbocycles. The van der Waals surface area contributed by atoms with E-state index in [1.165, 1.54) is 0 Å². The van der Waals surface area contributed by atoms with Crippen molar-refractivity contribution in [3.8, 4) is 0 Å². The van der Waals surface area contributed by atoms with Gasteiger partial charge in [-0.15, -0.1) is 11.3 Å². The van der Waals surface area contributed by atoms with Crippen LogP contribution in [0.25, 0.3) is 0 Å². The molecule has 1 atom stereocenters. The first-order valence-corrected chi connectivity index (χ1v) is 6.68. The molecule has 0 aliphatic heterocycles. The van der Waals surface area contributed by atoms with E-state index in [9.17, 15) is 0 Å². The highest BCUT2D eigenvalue weighted by Crippen LogP contribution is 2.18. The van der Waals surface area contributed by atoms with E-state index < -0.39 is 0 Å². The van der Waals surface area contributed by atoms with Crippen LogP contribution >= 0.6 is 27.3 Å². The molecule has 0 spiro atoms. The number of hydrogen-bond donors (Lipinski definition) is 1. The Labute approximate surface area is 107 Å². The van der Waals surface area contributed by atoms with E-state index in [0.29, 0.717) is 5.92 Å². The summed E-state index contributed by atoms with van der Waals surface area (Å²) in [6, 6.07) is 3.93. The summed E-state index contributed by atoms with van der Waals surface area (Å²) in [4.78, 5) is 8.55. The second kappa shape index (κ2) is 5.41. The van der Waals surface area contributed by atoms with Crippen LogP contribution in [0.3, 0.4) is 0 Å². The Morgan fingerprint density at radius 1 is 1.44 bits per heavy atom. The molecule has 0 aromatic carbocycles. The molecule has 0 saturated carbocycles. The minimum Gasteiger partial charge on any atom is -0.369 e. The number of anilines is 1. The van der Waals surface area contributed by atoms with Gasteiger partial charge in [0.15, 0.2) is 0 Å². The van der Waals surface area contributed by atoms with Crippen LogP contribution in [-0.4, -0.2) is 16.5 Å². The van der Waals surface area contributed by atoms with E-state index >= 15 is 0 Å². The maximum Gasteiger partial charge on any atom is 0.125 e. The van der Waals surface area contributed by atoms with Crippen molar-refractivity contribution in [3.63, 3.8) is 0 Å². The zero-order chi connectivity index (χ0) is 11.4. The van der Waals surface area contributed by atoms with Gasteiger partial charge in [-0.2, -0.15) is 0 Å². The molecule has 1 N–H and O–H groups in total. The van der Waals surface area contributed by atoms with Crippen molar-refractivity contribution in [1.82, 2.24) is 9.97 Å². The van der Waals surface area contributed by atoms with Crippen molar-refractivity contribution < 1.29 is 0 Å². The van der Waals surface area contributed by atoms with E-state index in [1.54, 1.807) is 17.5 Å². The molecule has 0 radical (unpaired) electrons. The summed E-state index contributed by atoms with van der Waals surface area (Å²) < 4.78 is 0.992. The van der Waals surface area contributed by atoms with Crippen LogP contribution in [-0.2, 0) is 0 Å². The summed E-state index contributed by atoms with van der Waals surface area (Å²) >= 11 is 5.05. The van der Waals surface area contributed by atoms with Gasteiger partial charge in [0.05, 0.1) is 5.01 Å². The van der Waals surface area contributed by atoms with Gasteiger partial charge >= 0.3 is 0 Å². The first-order valence-electron chi connectivity index (χ1n) is 5.00. The molecule has 2 aromatic rings. The molecule has 0 amide bonds. The van der Waals surface area contributed by atoms with Gasteiger partial charge in [0.1, 0.15) is 5.82 Å². The second-order valence-electron chi connectivity index (χ2n) is 3.51. The number of nitrogens with one attached hydrogen (secondary N) is 1. The van der Waals surface area contributed by atoms with Crippen molar-refractivity contribution >= 4 is 33.1 Å². The fourth-order valence-corrected chi connectivity index (χ4v) is 2.24. The summed E-state index contributed by atoms with van der Waals surface area (Å²) in [6.07, 6.45) is 3.63. The molecule has 0 aliphatic rings. The lowest BCUT2D eigenvalue weighted by Gasteiger charge is -2.10. The Balaban J connectivity index is 1.90. The molecule has 3 nitrogen and oxygen atoms in total. The van der Waals surface area contributed by atoms with E-state index in [4.69, 9.17) is 0 Å². The van der Waals surface area contributed by atoms with E-state index in [2.05, 4.69) is 38.1 Å². The normalized spacial score (nSPS) is 12.4. The predicted molar refractivity (Wildman–Crippen MR) is 71.0 cm³/mol. The van der Waals surface area contributed by atoms with Crippen molar-refractivity contribution in [2.24, 2.45) is 0 Å². The molecule has 2 aromatic heterocycles. The van der Waals surface area contributed by atoms with Gasteiger partial charge in [-0.3, -0.25) is 0 Å². The molecule has 84 valence electrons. The molecule has 5 heteroatoms. The average Bonchev–Trinajstić information content (AvgIpc) is 2.81. The molecule has 0 fully saturated rings. The lowest BCUT2D eigenvalue weighted by atomic mass is 10.2. The minimum atomic E-state index is 0.408. The molecule has 2 rings (SSSR count). The fraction of sp³-hybridized carbons (Fsp3) is 0.273. The third kappa shape index (κ3) is 3.02. The summed E-state index contributed by atoms with van der Waals surface area (Å²) in [5.41, 5.74) is 0. The third-order valence-corrected chi connectivity index (χ3v) is 3.67. The van der Waals surface area contributed by atoms with Gasteiger partial charge < -0.3 is 5.32 Å². The number of nitrogens with zero attached hydrogens (tertiary/aromatic N) is 2. The van der Waals surface area contributed by atoms with Crippen molar-refractivity contribution in [2.75, 3.05) is 11.9 Å². The summed E-state index contributed by atoms with van der Waals surface area (Å²) in [5, 5.41) is 6.46. The molecule has 0 bridgehead atoms. The number of halogens is 1. The quantitative estimate of drug-likeness (QED) is 0.938. The van der Waals surface area contributed by atoms with E-state index in [1.807, 2.05) is 23.7 Å². The molecule has 2 heterocycles. The third-order valence-electron chi connectivity index (χ3n) is 2.19. The van der Waals surface area contributed by atoms with Crippen LogP contribution in [0.15, 0.2) is 34.4 Å². The highest BCUT2D eigenvalue weighted by atomic mass is 79.9. The van der Waals surface area contributed by atoms with Crippen molar-refractivity contribution in [1.29, 1.82) is 0 Å². The van der Waals surface area contributed by atoms with Crippen LogP contribution < -0.4 is 5.32 Å². The van der Waals surface area contributed by atoms with Gasteiger partial charge in [-0.05, 0) is 28.1 Å².